The molecule has 0 aromatic carbocycles. The highest BCUT2D eigenvalue weighted by Crippen LogP contribution is 2.39. The molecule has 1 aromatic heterocycles. The number of carbonyl (C=O) groups is 2. The van der Waals surface area contributed by atoms with Gasteiger partial charge >= 0.3 is 12.0 Å². The van der Waals surface area contributed by atoms with E-state index in [1.54, 1.807) is 23.2 Å². The Balaban J connectivity index is 2.09. The van der Waals surface area contributed by atoms with Crippen LogP contribution in [0.5, 0.6) is 0 Å². The molecule has 1 aliphatic carbocycles. The van der Waals surface area contributed by atoms with Crippen molar-refractivity contribution >= 4 is 23.3 Å². The number of amides is 2. The van der Waals surface area contributed by atoms with Crippen LogP contribution in [0.3, 0.4) is 0 Å². The fourth-order valence-corrected chi connectivity index (χ4v) is 3.05. The van der Waals surface area contributed by atoms with Crippen molar-refractivity contribution in [2.24, 2.45) is 5.92 Å². The van der Waals surface area contributed by atoms with Crippen LogP contribution in [0.25, 0.3) is 0 Å². The number of nitrogens with zero attached hydrogens (tertiary/aromatic N) is 1. The van der Waals surface area contributed by atoms with Gasteiger partial charge in [0, 0.05) is 10.9 Å². The molecule has 6 heteroatoms. The summed E-state index contributed by atoms with van der Waals surface area (Å²) in [5, 5.41) is 14.1. The fraction of sp³-hybridized carbons (Fsp3) is 0.600. The number of carboxylic acids is 1. The average molecular weight is 310 g/mol. The number of thiophene rings is 1. The van der Waals surface area contributed by atoms with E-state index in [9.17, 15) is 14.7 Å². The van der Waals surface area contributed by atoms with E-state index in [4.69, 9.17) is 0 Å². The van der Waals surface area contributed by atoms with Crippen molar-refractivity contribution in [1.82, 2.24) is 10.2 Å². The third kappa shape index (κ3) is 3.56. The Labute approximate surface area is 129 Å². The summed E-state index contributed by atoms with van der Waals surface area (Å²) in [5.74, 6) is -0.923. The Morgan fingerprint density at radius 1 is 1.52 bits per heavy atom. The summed E-state index contributed by atoms with van der Waals surface area (Å²) in [5.41, 5.74) is -1.17. The molecule has 1 aliphatic rings. The number of aliphatic carboxylic acids is 1. The minimum Gasteiger partial charge on any atom is -0.480 e. The predicted molar refractivity (Wildman–Crippen MR) is 82.3 cm³/mol. The summed E-state index contributed by atoms with van der Waals surface area (Å²) in [6.07, 6.45) is 1.71. The highest BCUT2D eigenvalue weighted by Gasteiger charge is 2.49. The van der Waals surface area contributed by atoms with Gasteiger partial charge in [0.25, 0.3) is 0 Å². The minimum absolute atomic E-state index is 0.00403. The van der Waals surface area contributed by atoms with E-state index in [2.05, 4.69) is 5.32 Å². The molecule has 0 radical (unpaired) electrons. The Morgan fingerprint density at radius 3 is 2.62 bits per heavy atom. The molecule has 1 saturated carbocycles. The molecule has 0 spiro atoms. The van der Waals surface area contributed by atoms with Gasteiger partial charge in [-0.3, -0.25) is 0 Å². The highest BCUT2D eigenvalue weighted by atomic mass is 32.1. The van der Waals surface area contributed by atoms with Crippen molar-refractivity contribution in [1.29, 1.82) is 0 Å². The quantitative estimate of drug-likeness (QED) is 0.849. The summed E-state index contributed by atoms with van der Waals surface area (Å²) in [7, 11) is 0. The Kier molecular flexibility index (Phi) is 4.56. The zero-order valence-corrected chi connectivity index (χ0v) is 13.4. The number of carbonyl (C=O) groups excluding carboxylic acids is 1. The number of nitrogens with one attached hydrogen (secondary N) is 1. The van der Waals surface area contributed by atoms with Gasteiger partial charge in [0.2, 0.25) is 0 Å². The van der Waals surface area contributed by atoms with Crippen molar-refractivity contribution in [2.75, 3.05) is 0 Å². The van der Waals surface area contributed by atoms with E-state index < -0.39 is 11.5 Å². The van der Waals surface area contributed by atoms with Crippen LogP contribution in [0.2, 0.25) is 0 Å². The number of urea groups is 1. The fourth-order valence-electron chi connectivity index (χ4n) is 2.34. The molecule has 1 aromatic rings. The number of rotatable bonds is 6. The van der Waals surface area contributed by atoms with Crippen LogP contribution in [-0.2, 0) is 11.3 Å². The standard InChI is InChI=1S/C15H22N2O3S/c1-10(2)17(9-12-5-4-8-21-12)14(20)16-15(3,13(18)19)11-6-7-11/h4-5,8,10-11H,6-7,9H2,1-3H3,(H,16,20)(H,18,19). The molecule has 1 heterocycles. The van der Waals surface area contributed by atoms with Gasteiger partial charge in [0.1, 0.15) is 5.54 Å². The Bertz CT molecular complexity index is 511. The molecule has 116 valence electrons. The molecule has 1 fully saturated rings. The van der Waals surface area contributed by atoms with Crippen LogP contribution < -0.4 is 5.32 Å². The van der Waals surface area contributed by atoms with Crippen LogP contribution in [0.1, 0.15) is 38.5 Å². The third-order valence-electron chi connectivity index (χ3n) is 4.00. The first-order valence-corrected chi connectivity index (χ1v) is 8.07. The first-order chi connectivity index (χ1) is 9.84. The second-order valence-corrected chi connectivity index (χ2v) is 7.05. The molecule has 2 amide bonds. The number of hydrogen-bond donors (Lipinski definition) is 2. The maximum atomic E-state index is 12.5. The van der Waals surface area contributed by atoms with Gasteiger partial charge in [0.15, 0.2) is 0 Å². The maximum absolute atomic E-state index is 12.5. The lowest BCUT2D eigenvalue weighted by molar-refractivity contribution is -0.144. The van der Waals surface area contributed by atoms with E-state index in [0.29, 0.717) is 6.54 Å². The molecule has 2 N–H and O–H groups in total. The monoisotopic (exact) mass is 310 g/mol. The number of hydrogen-bond acceptors (Lipinski definition) is 3. The average Bonchev–Trinajstić information content (AvgIpc) is 3.13. The molecule has 5 nitrogen and oxygen atoms in total. The summed E-state index contributed by atoms with van der Waals surface area (Å²) in [6.45, 7) is 5.97. The van der Waals surface area contributed by atoms with Gasteiger partial charge in [-0.15, -0.1) is 11.3 Å². The topological polar surface area (TPSA) is 69.6 Å². The smallest absolute Gasteiger partial charge is 0.329 e. The molecule has 1 unspecified atom stereocenters. The van der Waals surface area contributed by atoms with Crippen LogP contribution in [-0.4, -0.2) is 33.6 Å². The van der Waals surface area contributed by atoms with Crippen molar-refractivity contribution in [3.8, 4) is 0 Å². The molecular weight excluding hydrogens is 288 g/mol. The highest BCUT2D eigenvalue weighted by molar-refractivity contribution is 7.09. The second-order valence-electron chi connectivity index (χ2n) is 6.01. The van der Waals surface area contributed by atoms with Crippen LogP contribution in [0.15, 0.2) is 17.5 Å². The van der Waals surface area contributed by atoms with Gasteiger partial charge in [-0.2, -0.15) is 0 Å². The van der Waals surface area contributed by atoms with Gasteiger partial charge < -0.3 is 15.3 Å². The number of carboxylic acid groups (broad SMARTS) is 1. The summed E-state index contributed by atoms with van der Waals surface area (Å²) in [4.78, 5) is 26.8. The molecule has 21 heavy (non-hydrogen) atoms. The molecule has 0 bridgehead atoms. The molecule has 2 rings (SSSR count). The van der Waals surface area contributed by atoms with Crippen LogP contribution >= 0.6 is 11.3 Å². The third-order valence-corrected chi connectivity index (χ3v) is 4.86. The predicted octanol–water partition coefficient (Wildman–Crippen LogP) is 2.92. The molecule has 1 atom stereocenters. The Morgan fingerprint density at radius 2 is 2.19 bits per heavy atom. The van der Waals surface area contributed by atoms with Gasteiger partial charge in [-0.05, 0) is 51.0 Å². The first kappa shape index (κ1) is 15.8. The summed E-state index contributed by atoms with van der Waals surface area (Å²) >= 11 is 1.59. The van der Waals surface area contributed by atoms with E-state index in [0.717, 1.165) is 17.7 Å². The normalized spacial score (nSPS) is 17.3. The van der Waals surface area contributed by atoms with Gasteiger partial charge in [-0.25, -0.2) is 9.59 Å². The second kappa shape index (κ2) is 6.05. The van der Waals surface area contributed by atoms with E-state index in [-0.39, 0.29) is 18.0 Å². The van der Waals surface area contributed by atoms with Crippen molar-refractivity contribution in [2.45, 2.75) is 51.7 Å². The van der Waals surface area contributed by atoms with E-state index >= 15 is 0 Å². The van der Waals surface area contributed by atoms with Crippen molar-refractivity contribution in [3.63, 3.8) is 0 Å². The minimum atomic E-state index is -1.17. The lowest BCUT2D eigenvalue weighted by Gasteiger charge is -2.32. The summed E-state index contributed by atoms with van der Waals surface area (Å²) in [6, 6.07) is 3.62. The zero-order chi connectivity index (χ0) is 15.6. The SMILES string of the molecule is CC(C)N(Cc1cccs1)C(=O)NC(C)(C(=O)O)C1CC1. The molecular formula is C15H22N2O3S. The lowest BCUT2D eigenvalue weighted by atomic mass is 9.96. The van der Waals surface area contributed by atoms with E-state index in [1.165, 1.54) is 0 Å². The summed E-state index contributed by atoms with van der Waals surface area (Å²) < 4.78 is 0. The zero-order valence-electron chi connectivity index (χ0n) is 12.6. The molecule has 0 saturated heterocycles. The van der Waals surface area contributed by atoms with Crippen molar-refractivity contribution in [3.05, 3.63) is 22.4 Å². The van der Waals surface area contributed by atoms with E-state index in [1.807, 2.05) is 31.4 Å². The van der Waals surface area contributed by atoms with Gasteiger partial charge in [0.05, 0.1) is 6.54 Å². The van der Waals surface area contributed by atoms with Crippen molar-refractivity contribution < 1.29 is 14.7 Å². The Hall–Kier alpha value is -1.56. The van der Waals surface area contributed by atoms with Crippen LogP contribution in [0, 0.1) is 5.92 Å². The maximum Gasteiger partial charge on any atom is 0.329 e. The first-order valence-electron chi connectivity index (χ1n) is 7.19. The van der Waals surface area contributed by atoms with Crippen LogP contribution in [0.4, 0.5) is 4.79 Å². The van der Waals surface area contributed by atoms with Gasteiger partial charge in [-0.1, -0.05) is 6.07 Å². The lowest BCUT2D eigenvalue weighted by Crippen LogP contribution is -2.58. The largest absolute Gasteiger partial charge is 0.480 e. The molecule has 0 aliphatic heterocycles.